The summed E-state index contributed by atoms with van der Waals surface area (Å²) in [6, 6.07) is 0. The van der Waals surface area contributed by atoms with Gasteiger partial charge in [-0.3, -0.25) is 5.10 Å². The number of hydrogen-bond donors (Lipinski definition) is 2. The number of sulfonamides is 1. The maximum atomic E-state index is 12.4. The molecule has 0 radical (unpaired) electrons. The average Bonchev–Trinajstić information content (AvgIpc) is 2.65. The fourth-order valence-corrected chi connectivity index (χ4v) is 3.92. The minimum atomic E-state index is -3.49. The van der Waals surface area contributed by atoms with E-state index in [0.717, 1.165) is 25.7 Å². The third kappa shape index (κ3) is 2.51. The lowest BCUT2D eigenvalue weighted by molar-refractivity contribution is 0.407. The highest BCUT2D eigenvalue weighted by Gasteiger charge is 2.29. The zero-order chi connectivity index (χ0) is 13.2. The van der Waals surface area contributed by atoms with Gasteiger partial charge in [-0.2, -0.15) is 9.40 Å². The van der Waals surface area contributed by atoms with E-state index in [1.165, 1.54) is 10.5 Å². The smallest absolute Gasteiger partial charge is 0.248 e. The Bertz CT molecular complexity index is 497. The van der Waals surface area contributed by atoms with Crippen LogP contribution in [0.3, 0.4) is 0 Å². The molecule has 1 aliphatic heterocycles. The minimum Gasteiger partial charge on any atom is -0.383 e. The molecule has 1 aliphatic rings. The van der Waals surface area contributed by atoms with E-state index in [2.05, 4.69) is 17.1 Å². The highest BCUT2D eigenvalue weighted by atomic mass is 32.2. The Morgan fingerprint density at radius 3 is 2.89 bits per heavy atom. The molecule has 0 aromatic carbocycles. The predicted molar refractivity (Wildman–Crippen MR) is 69.4 cm³/mol. The second-order valence-corrected chi connectivity index (χ2v) is 6.66. The molecule has 1 atom stereocenters. The molecule has 0 bridgehead atoms. The van der Waals surface area contributed by atoms with Crippen LogP contribution >= 0.6 is 0 Å². The fraction of sp³-hybridized carbons (Fsp3) is 0.727. The van der Waals surface area contributed by atoms with Crippen molar-refractivity contribution in [3.63, 3.8) is 0 Å². The van der Waals surface area contributed by atoms with E-state index in [1.807, 2.05) is 0 Å². The summed E-state index contributed by atoms with van der Waals surface area (Å²) in [4.78, 5) is 0.0949. The number of aromatic nitrogens is 2. The van der Waals surface area contributed by atoms with E-state index in [0.29, 0.717) is 19.0 Å². The van der Waals surface area contributed by atoms with Crippen LogP contribution in [-0.4, -0.2) is 36.0 Å². The first-order valence-corrected chi connectivity index (χ1v) is 7.78. The summed E-state index contributed by atoms with van der Waals surface area (Å²) < 4.78 is 26.3. The molecule has 1 saturated heterocycles. The maximum absolute atomic E-state index is 12.4. The van der Waals surface area contributed by atoms with Gasteiger partial charge in [0, 0.05) is 13.1 Å². The number of rotatable bonds is 3. The van der Waals surface area contributed by atoms with Gasteiger partial charge in [0.2, 0.25) is 10.0 Å². The lowest BCUT2D eigenvalue weighted by Crippen LogP contribution is -2.32. The molecule has 1 aromatic rings. The van der Waals surface area contributed by atoms with Crippen molar-refractivity contribution >= 4 is 15.8 Å². The third-order valence-corrected chi connectivity index (χ3v) is 5.56. The molecule has 3 N–H and O–H groups in total. The summed E-state index contributed by atoms with van der Waals surface area (Å²) in [6.07, 6.45) is 5.33. The number of aromatic amines is 1. The molecule has 18 heavy (non-hydrogen) atoms. The predicted octanol–water partition coefficient (Wildman–Crippen LogP) is 1.19. The van der Waals surface area contributed by atoms with Gasteiger partial charge in [0.25, 0.3) is 0 Å². The standard InChI is InChI=1S/C11H20N4O2S/c1-2-9-4-3-6-15(7-5-9)18(16,17)10-8-13-14-11(10)12/h8-9H,2-7H2,1H3,(H3,12,13,14). The van der Waals surface area contributed by atoms with E-state index in [4.69, 9.17) is 5.73 Å². The van der Waals surface area contributed by atoms with E-state index >= 15 is 0 Å². The van der Waals surface area contributed by atoms with Crippen molar-refractivity contribution in [1.82, 2.24) is 14.5 Å². The van der Waals surface area contributed by atoms with Crippen molar-refractivity contribution in [2.75, 3.05) is 18.8 Å². The summed E-state index contributed by atoms with van der Waals surface area (Å²) in [5.74, 6) is 0.748. The number of nitrogen functional groups attached to an aromatic ring is 1. The van der Waals surface area contributed by atoms with Gasteiger partial charge in [-0.15, -0.1) is 0 Å². The zero-order valence-corrected chi connectivity index (χ0v) is 11.4. The monoisotopic (exact) mass is 272 g/mol. The molecule has 0 spiro atoms. The maximum Gasteiger partial charge on any atom is 0.248 e. The van der Waals surface area contributed by atoms with E-state index in [-0.39, 0.29) is 10.7 Å². The Labute approximate surface area is 108 Å². The Kier molecular flexibility index (Phi) is 3.91. The molecule has 1 unspecified atom stereocenters. The zero-order valence-electron chi connectivity index (χ0n) is 10.6. The minimum absolute atomic E-state index is 0.0949. The van der Waals surface area contributed by atoms with Crippen LogP contribution in [0, 0.1) is 5.92 Å². The second-order valence-electron chi connectivity index (χ2n) is 4.76. The van der Waals surface area contributed by atoms with Crippen molar-refractivity contribution in [3.05, 3.63) is 6.20 Å². The first-order valence-electron chi connectivity index (χ1n) is 6.34. The van der Waals surface area contributed by atoms with Crippen LogP contribution in [0.15, 0.2) is 11.1 Å². The highest BCUT2D eigenvalue weighted by Crippen LogP contribution is 2.26. The molecule has 7 heteroatoms. The molecule has 0 aliphatic carbocycles. The van der Waals surface area contributed by atoms with Crippen LogP contribution in [0.5, 0.6) is 0 Å². The van der Waals surface area contributed by atoms with Crippen LogP contribution in [-0.2, 0) is 10.0 Å². The average molecular weight is 272 g/mol. The third-order valence-electron chi connectivity index (χ3n) is 3.63. The number of nitrogens with two attached hydrogens (primary N) is 1. The molecular formula is C11H20N4O2S. The number of H-pyrrole nitrogens is 1. The van der Waals surface area contributed by atoms with E-state index < -0.39 is 10.0 Å². The van der Waals surface area contributed by atoms with Gasteiger partial charge < -0.3 is 5.73 Å². The van der Waals surface area contributed by atoms with Crippen molar-refractivity contribution in [3.8, 4) is 0 Å². The number of anilines is 1. The van der Waals surface area contributed by atoms with Crippen LogP contribution < -0.4 is 5.73 Å². The first-order chi connectivity index (χ1) is 8.55. The Morgan fingerprint density at radius 1 is 1.50 bits per heavy atom. The van der Waals surface area contributed by atoms with Crippen LogP contribution in [0.25, 0.3) is 0 Å². The Hall–Kier alpha value is -1.08. The van der Waals surface area contributed by atoms with E-state index in [1.54, 1.807) is 0 Å². The van der Waals surface area contributed by atoms with Crippen molar-refractivity contribution < 1.29 is 8.42 Å². The topological polar surface area (TPSA) is 92.1 Å². The number of hydrogen-bond acceptors (Lipinski definition) is 4. The summed E-state index contributed by atoms with van der Waals surface area (Å²) in [6.45, 7) is 3.30. The molecule has 1 aromatic heterocycles. The molecule has 0 saturated carbocycles. The summed E-state index contributed by atoms with van der Waals surface area (Å²) in [7, 11) is -3.49. The molecular weight excluding hydrogens is 252 g/mol. The SMILES string of the molecule is CCC1CCCN(S(=O)(=O)c2cn[nH]c2N)CC1. The first kappa shape index (κ1) is 13.4. The summed E-state index contributed by atoms with van der Waals surface area (Å²) in [5, 5.41) is 6.15. The Morgan fingerprint density at radius 2 is 2.28 bits per heavy atom. The molecule has 2 heterocycles. The van der Waals surface area contributed by atoms with Gasteiger partial charge in [0.1, 0.15) is 10.7 Å². The number of nitrogens with one attached hydrogen (secondary N) is 1. The van der Waals surface area contributed by atoms with E-state index in [9.17, 15) is 8.42 Å². The molecule has 2 rings (SSSR count). The van der Waals surface area contributed by atoms with Gasteiger partial charge in [0.15, 0.2) is 0 Å². The van der Waals surface area contributed by atoms with Crippen molar-refractivity contribution in [2.45, 2.75) is 37.5 Å². The van der Waals surface area contributed by atoms with Crippen LogP contribution in [0.1, 0.15) is 32.6 Å². The molecule has 1 fully saturated rings. The fourth-order valence-electron chi connectivity index (χ4n) is 2.42. The van der Waals surface area contributed by atoms with Crippen LogP contribution in [0.2, 0.25) is 0 Å². The molecule has 6 nitrogen and oxygen atoms in total. The second kappa shape index (κ2) is 5.27. The summed E-state index contributed by atoms with van der Waals surface area (Å²) >= 11 is 0. The summed E-state index contributed by atoms with van der Waals surface area (Å²) in [5.41, 5.74) is 5.60. The van der Waals surface area contributed by atoms with Crippen molar-refractivity contribution in [2.24, 2.45) is 5.92 Å². The molecule has 0 amide bonds. The number of nitrogens with zero attached hydrogens (tertiary/aromatic N) is 2. The normalized spacial score (nSPS) is 22.8. The van der Waals surface area contributed by atoms with Gasteiger partial charge in [0.05, 0.1) is 6.20 Å². The lowest BCUT2D eigenvalue weighted by Gasteiger charge is -2.19. The molecule has 102 valence electrons. The van der Waals surface area contributed by atoms with Crippen LogP contribution in [0.4, 0.5) is 5.82 Å². The van der Waals surface area contributed by atoms with Gasteiger partial charge in [-0.1, -0.05) is 13.3 Å². The highest BCUT2D eigenvalue weighted by molar-refractivity contribution is 7.89. The van der Waals surface area contributed by atoms with Gasteiger partial charge in [-0.05, 0) is 25.2 Å². The quantitative estimate of drug-likeness (QED) is 0.864. The van der Waals surface area contributed by atoms with Gasteiger partial charge >= 0.3 is 0 Å². The van der Waals surface area contributed by atoms with Crippen molar-refractivity contribution in [1.29, 1.82) is 0 Å². The largest absolute Gasteiger partial charge is 0.383 e. The lowest BCUT2D eigenvalue weighted by atomic mass is 9.98. The van der Waals surface area contributed by atoms with Gasteiger partial charge in [-0.25, -0.2) is 8.42 Å². The Balaban J connectivity index is 2.18.